The van der Waals surface area contributed by atoms with Gasteiger partial charge in [-0.2, -0.15) is 23.0 Å². The van der Waals surface area contributed by atoms with Crippen LogP contribution in [-0.4, -0.2) is 63.3 Å². The minimum absolute atomic E-state index is 0.303. The molecule has 2 heterocycles. The number of aryl methyl sites for hydroxylation is 1. The number of amides is 1. The number of alkyl halides is 3. The van der Waals surface area contributed by atoms with Gasteiger partial charge in [0.05, 0.1) is 17.8 Å². The minimum Gasteiger partial charge on any atom is -0.335 e. The minimum atomic E-state index is -4.51. The Hall–Kier alpha value is -3.73. The van der Waals surface area contributed by atoms with E-state index in [1.54, 1.807) is 18.2 Å². The van der Waals surface area contributed by atoms with Crippen molar-refractivity contribution < 1.29 is 18.0 Å². The Bertz CT molecular complexity index is 1350. The van der Waals surface area contributed by atoms with Crippen LogP contribution in [-0.2, 0) is 12.7 Å². The SMILES string of the molecule is Cc1cccc(-n2nc(C(=O)N3CCN(C)CC3)c(=O)n(Cc3ccc(C(F)(F)F)cc3)c2=O)c1. The molecule has 0 spiro atoms. The molecule has 0 bridgehead atoms. The van der Waals surface area contributed by atoms with Crippen LogP contribution >= 0.6 is 0 Å². The van der Waals surface area contributed by atoms with Gasteiger partial charge in [-0.25, -0.2) is 4.79 Å². The highest BCUT2D eigenvalue weighted by Crippen LogP contribution is 2.29. The summed E-state index contributed by atoms with van der Waals surface area (Å²) in [6.45, 7) is 3.57. The Morgan fingerprint density at radius 1 is 1.00 bits per heavy atom. The normalized spacial score (nSPS) is 14.8. The molecular formula is C24H24F3N5O3. The topological polar surface area (TPSA) is 80.4 Å². The van der Waals surface area contributed by atoms with Gasteiger partial charge in [0.25, 0.3) is 11.5 Å². The van der Waals surface area contributed by atoms with Gasteiger partial charge in [0.1, 0.15) is 0 Å². The number of hydrogen-bond donors (Lipinski definition) is 0. The molecule has 184 valence electrons. The Labute approximate surface area is 198 Å². The van der Waals surface area contributed by atoms with Crippen LogP contribution in [0.3, 0.4) is 0 Å². The first-order valence-corrected chi connectivity index (χ1v) is 11.0. The molecule has 0 N–H and O–H groups in total. The summed E-state index contributed by atoms with van der Waals surface area (Å²) in [6, 6.07) is 11.0. The molecule has 8 nitrogen and oxygen atoms in total. The van der Waals surface area contributed by atoms with Crippen LogP contribution in [0.2, 0.25) is 0 Å². The fourth-order valence-corrected chi connectivity index (χ4v) is 3.86. The number of carbonyl (C=O) groups is 1. The molecule has 0 atom stereocenters. The summed E-state index contributed by atoms with van der Waals surface area (Å²) in [4.78, 5) is 43.3. The Morgan fingerprint density at radius 3 is 2.26 bits per heavy atom. The van der Waals surface area contributed by atoms with Gasteiger partial charge in [-0.15, -0.1) is 0 Å². The summed E-state index contributed by atoms with van der Waals surface area (Å²) in [6.07, 6.45) is -4.51. The summed E-state index contributed by atoms with van der Waals surface area (Å²) < 4.78 is 40.6. The first-order chi connectivity index (χ1) is 16.5. The van der Waals surface area contributed by atoms with Crippen LogP contribution in [0.15, 0.2) is 58.1 Å². The smallest absolute Gasteiger partial charge is 0.335 e. The van der Waals surface area contributed by atoms with Crippen LogP contribution < -0.4 is 11.2 Å². The fraction of sp³-hybridized carbons (Fsp3) is 0.333. The van der Waals surface area contributed by atoms with Gasteiger partial charge in [0.2, 0.25) is 5.69 Å². The highest BCUT2D eigenvalue weighted by molar-refractivity contribution is 5.92. The van der Waals surface area contributed by atoms with Crippen LogP contribution in [0.5, 0.6) is 0 Å². The van der Waals surface area contributed by atoms with Gasteiger partial charge in [-0.1, -0.05) is 24.3 Å². The van der Waals surface area contributed by atoms with E-state index >= 15 is 0 Å². The van der Waals surface area contributed by atoms with Gasteiger partial charge in [-0.3, -0.25) is 14.2 Å². The lowest BCUT2D eigenvalue weighted by Gasteiger charge is -2.32. The van der Waals surface area contributed by atoms with E-state index in [0.717, 1.165) is 26.9 Å². The van der Waals surface area contributed by atoms with E-state index in [2.05, 4.69) is 5.10 Å². The number of benzene rings is 2. The van der Waals surface area contributed by atoms with E-state index < -0.39 is 34.6 Å². The predicted octanol–water partition coefficient (Wildman–Crippen LogP) is 2.16. The van der Waals surface area contributed by atoms with E-state index in [4.69, 9.17) is 0 Å². The summed E-state index contributed by atoms with van der Waals surface area (Å²) in [5.41, 5.74) is -1.43. The van der Waals surface area contributed by atoms with Crippen molar-refractivity contribution in [3.63, 3.8) is 0 Å². The predicted molar refractivity (Wildman–Crippen MR) is 123 cm³/mol. The number of nitrogens with zero attached hydrogens (tertiary/aromatic N) is 5. The van der Waals surface area contributed by atoms with Crippen molar-refractivity contribution in [2.45, 2.75) is 19.6 Å². The van der Waals surface area contributed by atoms with E-state index in [1.807, 2.05) is 24.9 Å². The molecule has 11 heteroatoms. The zero-order chi connectivity index (χ0) is 25.3. The number of rotatable bonds is 4. The highest BCUT2D eigenvalue weighted by atomic mass is 19.4. The second-order valence-corrected chi connectivity index (χ2v) is 8.56. The van der Waals surface area contributed by atoms with Crippen LogP contribution in [0, 0.1) is 6.92 Å². The summed E-state index contributed by atoms with van der Waals surface area (Å²) in [7, 11) is 1.93. The molecule has 0 unspecified atom stereocenters. The number of hydrogen-bond acceptors (Lipinski definition) is 5. The molecule has 3 aromatic rings. The number of carbonyl (C=O) groups excluding carboxylic acids is 1. The van der Waals surface area contributed by atoms with Crippen molar-refractivity contribution in [1.82, 2.24) is 24.1 Å². The Morgan fingerprint density at radius 2 is 1.66 bits per heavy atom. The standard InChI is InChI=1S/C24H24F3N5O3/c1-16-4-3-5-19(14-16)32-23(35)31(15-17-6-8-18(9-7-17)24(25,26)27)22(34)20(28-32)21(33)30-12-10-29(2)11-13-30/h3-9,14H,10-13,15H2,1-2H3. The first kappa shape index (κ1) is 24.4. The second kappa shape index (κ2) is 9.49. The molecule has 0 radical (unpaired) electrons. The van der Waals surface area contributed by atoms with E-state index in [-0.39, 0.29) is 6.54 Å². The maximum Gasteiger partial charge on any atom is 0.416 e. The summed E-state index contributed by atoms with van der Waals surface area (Å²) in [5, 5.41) is 4.14. The largest absolute Gasteiger partial charge is 0.416 e. The molecule has 1 saturated heterocycles. The van der Waals surface area contributed by atoms with Crippen LogP contribution in [0.4, 0.5) is 13.2 Å². The fourth-order valence-electron chi connectivity index (χ4n) is 3.86. The monoisotopic (exact) mass is 487 g/mol. The molecule has 4 rings (SSSR count). The van der Waals surface area contributed by atoms with Crippen LogP contribution in [0.25, 0.3) is 5.69 Å². The maximum absolute atomic E-state index is 13.3. The molecule has 1 fully saturated rings. The molecule has 0 aliphatic carbocycles. The number of aromatic nitrogens is 3. The van der Waals surface area contributed by atoms with Crippen molar-refractivity contribution in [2.75, 3.05) is 33.2 Å². The van der Waals surface area contributed by atoms with Crippen molar-refractivity contribution in [1.29, 1.82) is 0 Å². The Kier molecular flexibility index (Phi) is 6.62. The third kappa shape index (κ3) is 5.19. The Balaban J connectivity index is 1.81. The van der Waals surface area contributed by atoms with E-state index in [0.29, 0.717) is 37.4 Å². The summed E-state index contributed by atoms with van der Waals surface area (Å²) in [5.74, 6) is -0.592. The molecule has 1 aliphatic rings. The third-order valence-corrected chi connectivity index (χ3v) is 5.92. The van der Waals surface area contributed by atoms with Gasteiger partial charge in [-0.05, 0) is 49.4 Å². The van der Waals surface area contributed by atoms with Crippen molar-refractivity contribution in [3.8, 4) is 5.69 Å². The molecule has 1 aliphatic heterocycles. The maximum atomic E-state index is 13.3. The molecule has 1 aromatic heterocycles. The zero-order valence-electron chi connectivity index (χ0n) is 19.2. The molecule has 35 heavy (non-hydrogen) atoms. The molecule has 1 amide bonds. The first-order valence-electron chi connectivity index (χ1n) is 11.0. The number of piperazine rings is 1. The van der Waals surface area contributed by atoms with Gasteiger partial charge in [0.15, 0.2) is 0 Å². The van der Waals surface area contributed by atoms with E-state index in [1.165, 1.54) is 17.0 Å². The van der Waals surface area contributed by atoms with Gasteiger partial charge < -0.3 is 9.80 Å². The number of likely N-dealkylation sites (N-methyl/N-ethyl adjacent to an activating group) is 1. The third-order valence-electron chi connectivity index (χ3n) is 5.92. The lowest BCUT2D eigenvalue weighted by Crippen LogP contribution is -2.51. The lowest BCUT2D eigenvalue weighted by atomic mass is 10.1. The highest BCUT2D eigenvalue weighted by Gasteiger charge is 2.30. The van der Waals surface area contributed by atoms with E-state index in [9.17, 15) is 27.6 Å². The van der Waals surface area contributed by atoms with Crippen molar-refractivity contribution in [2.24, 2.45) is 0 Å². The molecule has 0 saturated carbocycles. The van der Waals surface area contributed by atoms with Crippen LogP contribution in [0.1, 0.15) is 27.2 Å². The zero-order valence-corrected chi connectivity index (χ0v) is 19.2. The molecule has 2 aromatic carbocycles. The average Bonchev–Trinajstić information content (AvgIpc) is 2.82. The summed E-state index contributed by atoms with van der Waals surface area (Å²) >= 11 is 0. The lowest BCUT2D eigenvalue weighted by molar-refractivity contribution is -0.137. The molecular weight excluding hydrogens is 463 g/mol. The van der Waals surface area contributed by atoms with Gasteiger partial charge in [0, 0.05) is 26.2 Å². The van der Waals surface area contributed by atoms with Crippen molar-refractivity contribution in [3.05, 3.63) is 91.8 Å². The second-order valence-electron chi connectivity index (χ2n) is 8.56. The average molecular weight is 487 g/mol. The quantitative estimate of drug-likeness (QED) is 0.564. The van der Waals surface area contributed by atoms with Gasteiger partial charge >= 0.3 is 11.9 Å². The number of halogens is 3. The van der Waals surface area contributed by atoms with Crippen molar-refractivity contribution >= 4 is 5.91 Å².